The van der Waals surface area contributed by atoms with Crippen LogP contribution in [0.4, 0.5) is 18.9 Å². The maximum atomic E-state index is 12.5. The molecule has 1 atom stereocenters. The monoisotopic (exact) mass is 245 g/mol. The molecule has 1 aliphatic heterocycles. The number of nitrogens with zero attached hydrogens (tertiary/aromatic N) is 1. The van der Waals surface area contributed by atoms with Crippen molar-refractivity contribution in [1.82, 2.24) is 0 Å². The minimum Gasteiger partial charge on any atom is -0.379 e. The predicted molar refractivity (Wildman–Crippen MR) is 58.9 cm³/mol. The van der Waals surface area contributed by atoms with E-state index in [1.165, 1.54) is 12.1 Å². The van der Waals surface area contributed by atoms with E-state index in [9.17, 15) is 18.3 Å². The third-order valence-electron chi connectivity index (χ3n) is 2.99. The van der Waals surface area contributed by atoms with Crippen LogP contribution in [0.1, 0.15) is 24.5 Å². The number of hydrogen-bond acceptors (Lipinski definition) is 2. The number of halogens is 3. The van der Waals surface area contributed by atoms with Gasteiger partial charge in [0, 0.05) is 24.3 Å². The summed E-state index contributed by atoms with van der Waals surface area (Å²) in [6, 6.07) is 6.19. The molecule has 2 nitrogen and oxygen atoms in total. The van der Waals surface area contributed by atoms with E-state index < -0.39 is 12.3 Å². The van der Waals surface area contributed by atoms with E-state index >= 15 is 0 Å². The molecule has 94 valence electrons. The highest BCUT2D eigenvalue weighted by Crippen LogP contribution is 2.37. The fourth-order valence-electron chi connectivity index (χ4n) is 2.14. The van der Waals surface area contributed by atoms with Crippen LogP contribution in [-0.2, 0) is 0 Å². The molecular weight excluding hydrogens is 231 g/mol. The lowest BCUT2D eigenvalue weighted by Gasteiger charge is -2.24. The first kappa shape index (κ1) is 12.2. The molecule has 0 bridgehead atoms. The molecule has 1 N–H and O–H groups in total. The summed E-state index contributed by atoms with van der Waals surface area (Å²) < 4.78 is 37.6. The summed E-state index contributed by atoms with van der Waals surface area (Å²) in [6.45, 7) is 1.50. The molecule has 0 spiro atoms. The van der Waals surface area contributed by atoms with Crippen molar-refractivity contribution >= 4 is 5.69 Å². The highest BCUT2D eigenvalue weighted by atomic mass is 19.4. The fraction of sp³-hybridized carbons (Fsp3) is 0.500. The Bertz CT molecular complexity index is 386. The Morgan fingerprint density at radius 2 is 1.71 bits per heavy atom. The van der Waals surface area contributed by atoms with Crippen LogP contribution < -0.4 is 4.90 Å². The highest BCUT2D eigenvalue weighted by Gasteiger charge is 2.41. The van der Waals surface area contributed by atoms with Gasteiger partial charge in [-0.15, -0.1) is 0 Å². The number of para-hydroxylation sites is 1. The fourth-order valence-corrected chi connectivity index (χ4v) is 2.14. The van der Waals surface area contributed by atoms with Crippen LogP contribution in [0.3, 0.4) is 0 Å². The molecule has 0 aliphatic carbocycles. The molecule has 1 saturated heterocycles. The summed E-state index contributed by atoms with van der Waals surface area (Å²) in [5.41, 5.74) is 0.441. The number of rotatable bonds is 2. The van der Waals surface area contributed by atoms with Crippen molar-refractivity contribution in [2.75, 3.05) is 18.0 Å². The maximum absolute atomic E-state index is 12.5. The van der Waals surface area contributed by atoms with Crippen molar-refractivity contribution in [3.05, 3.63) is 29.8 Å². The van der Waals surface area contributed by atoms with Gasteiger partial charge in [0.15, 0.2) is 6.10 Å². The summed E-state index contributed by atoms with van der Waals surface area (Å²) in [7, 11) is 0. The number of alkyl halides is 3. The van der Waals surface area contributed by atoms with E-state index in [1.807, 2.05) is 4.90 Å². The molecule has 2 rings (SSSR count). The zero-order chi connectivity index (χ0) is 12.5. The van der Waals surface area contributed by atoms with Crippen LogP contribution in [-0.4, -0.2) is 24.4 Å². The Hall–Kier alpha value is -1.23. The van der Waals surface area contributed by atoms with Gasteiger partial charge in [-0.25, -0.2) is 0 Å². The van der Waals surface area contributed by atoms with Crippen molar-refractivity contribution in [2.45, 2.75) is 25.1 Å². The molecule has 1 fully saturated rings. The van der Waals surface area contributed by atoms with Crippen LogP contribution in [0, 0.1) is 0 Å². The van der Waals surface area contributed by atoms with E-state index in [0.29, 0.717) is 5.69 Å². The van der Waals surface area contributed by atoms with Gasteiger partial charge in [-0.1, -0.05) is 18.2 Å². The van der Waals surface area contributed by atoms with Gasteiger partial charge in [0.2, 0.25) is 0 Å². The molecule has 17 heavy (non-hydrogen) atoms. The lowest BCUT2D eigenvalue weighted by molar-refractivity contribution is -0.206. The first-order valence-corrected chi connectivity index (χ1v) is 5.59. The lowest BCUT2D eigenvalue weighted by atomic mass is 10.1. The molecule has 1 aromatic carbocycles. The minimum atomic E-state index is -4.62. The van der Waals surface area contributed by atoms with Crippen molar-refractivity contribution in [2.24, 2.45) is 0 Å². The van der Waals surface area contributed by atoms with Crippen LogP contribution >= 0.6 is 0 Å². The van der Waals surface area contributed by atoms with Gasteiger partial charge in [-0.2, -0.15) is 13.2 Å². The summed E-state index contributed by atoms with van der Waals surface area (Å²) in [4.78, 5) is 1.89. The van der Waals surface area contributed by atoms with Gasteiger partial charge in [0.05, 0.1) is 0 Å². The van der Waals surface area contributed by atoms with Gasteiger partial charge in [-0.3, -0.25) is 0 Å². The molecule has 1 heterocycles. The zero-order valence-electron chi connectivity index (χ0n) is 9.24. The molecule has 0 amide bonds. The minimum absolute atomic E-state index is 0.0538. The van der Waals surface area contributed by atoms with Crippen LogP contribution in [0.15, 0.2) is 24.3 Å². The van der Waals surface area contributed by atoms with Crippen molar-refractivity contribution in [3.8, 4) is 0 Å². The molecular formula is C12H14F3NO. The summed E-state index contributed by atoms with van der Waals surface area (Å²) >= 11 is 0. The Morgan fingerprint density at radius 1 is 1.12 bits per heavy atom. The van der Waals surface area contributed by atoms with Gasteiger partial charge in [0.1, 0.15) is 0 Å². The van der Waals surface area contributed by atoms with E-state index in [0.717, 1.165) is 25.9 Å². The van der Waals surface area contributed by atoms with Crippen molar-refractivity contribution in [3.63, 3.8) is 0 Å². The number of hydrogen-bond donors (Lipinski definition) is 1. The SMILES string of the molecule is O[C@@H](c1ccccc1N1CCCC1)C(F)(F)F. The Morgan fingerprint density at radius 3 is 2.29 bits per heavy atom. The van der Waals surface area contributed by atoms with Crippen molar-refractivity contribution < 1.29 is 18.3 Å². The first-order chi connectivity index (χ1) is 8.00. The largest absolute Gasteiger partial charge is 0.418 e. The van der Waals surface area contributed by atoms with Gasteiger partial charge in [0.25, 0.3) is 0 Å². The van der Waals surface area contributed by atoms with Gasteiger partial charge in [-0.05, 0) is 18.9 Å². The average molecular weight is 245 g/mol. The molecule has 0 unspecified atom stereocenters. The van der Waals surface area contributed by atoms with E-state index in [-0.39, 0.29) is 5.56 Å². The second-order valence-corrected chi connectivity index (χ2v) is 4.20. The third kappa shape index (κ3) is 2.54. The Kier molecular flexibility index (Phi) is 3.28. The second-order valence-electron chi connectivity index (χ2n) is 4.20. The Balaban J connectivity index is 2.33. The molecule has 0 radical (unpaired) electrons. The molecule has 0 saturated carbocycles. The Labute approximate surface area is 97.7 Å². The summed E-state index contributed by atoms with van der Waals surface area (Å²) in [6.07, 6.45) is -5.05. The first-order valence-electron chi connectivity index (χ1n) is 5.59. The zero-order valence-corrected chi connectivity index (χ0v) is 9.24. The third-order valence-corrected chi connectivity index (χ3v) is 2.99. The molecule has 0 aromatic heterocycles. The number of aliphatic hydroxyl groups excluding tert-OH is 1. The van der Waals surface area contributed by atoms with Gasteiger partial charge < -0.3 is 10.0 Å². The standard InChI is InChI=1S/C12H14F3NO/c13-12(14,15)11(17)9-5-1-2-6-10(9)16-7-3-4-8-16/h1-2,5-6,11,17H,3-4,7-8H2/t11-/m0/s1. The molecule has 5 heteroatoms. The molecule has 1 aliphatic rings. The topological polar surface area (TPSA) is 23.5 Å². The van der Waals surface area contributed by atoms with E-state index in [2.05, 4.69) is 0 Å². The van der Waals surface area contributed by atoms with Gasteiger partial charge >= 0.3 is 6.18 Å². The van der Waals surface area contributed by atoms with Crippen molar-refractivity contribution in [1.29, 1.82) is 0 Å². The number of benzene rings is 1. The smallest absolute Gasteiger partial charge is 0.379 e. The number of anilines is 1. The highest BCUT2D eigenvalue weighted by molar-refractivity contribution is 5.55. The maximum Gasteiger partial charge on any atom is 0.418 e. The second kappa shape index (κ2) is 4.56. The lowest BCUT2D eigenvalue weighted by Crippen LogP contribution is -2.25. The summed E-state index contributed by atoms with van der Waals surface area (Å²) in [5.74, 6) is 0. The quantitative estimate of drug-likeness (QED) is 0.866. The number of aliphatic hydroxyl groups is 1. The average Bonchev–Trinajstić information content (AvgIpc) is 2.80. The van der Waals surface area contributed by atoms with E-state index in [1.54, 1.807) is 12.1 Å². The van der Waals surface area contributed by atoms with Crippen LogP contribution in [0.2, 0.25) is 0 Å². The van der Waals surface area contributed by atoms with Crippen LogP contribution in [0.25, 0.3) is 0 Å². The predicted octanol–water partition coefficient (Wildman–Crippen LogP) is 2.88. The van der Waals surface area contributed by atoms with E-state index in [4.69, 9.17) is 0 Å². The molecule has 1 aromatic rings. The summed E-state index contributed by atoms with van der Waals surface area (Å²) in [5, 5.41) is 9.35. The van der Waals surface area contributed by atoms with Crippen LogP contribution in [0.5, 0.6) is 0 Å². The normalized spacial score (nSPS) is 18.5.